The lowest BCUT2D eigenvalue weighted by atomic mass is 10.1. The Morgan fingerprint density at radius 3 is 2.67 bits per heavy atom. The number of likely N-dealkylation sites (N-methyl/N-ethyl adjacent to an activating group) is 1. The number of aromatic nitrogens is 1. The number of carbonyl (C=O) groups excluding carboxylic acids is 1. The van der Waals surface area contributed by atoms with E-state index in [1.54, 1.807) is 0 Å². The van der Waals surface area contributed by atoms with Gasteiger partial charge in [0.05, 0.1) is 11.1 Å². The fourth-order valence-corrected chi connectivity index (χ4v) is 1.28. The van der Waals surface area contributed by atoms with Gasteiger partial charge in [-0.1, -0.05) is 0 Å². The molecule has 6 nitrogen and oxygen atoms in total. The predicted octanol–water partition coefficient (Wildman–Crippen LogP) is 0.460. The normalized spacial score (nSPS) is 12.2. The van der Waals surface area contributed by atoms with Gasteiger partial charge in [0.2, 0.25) is 0 Å². The SMILES string of the molecule is CC(CNC(=O)c1ccncc1C(=O)O)N(C)C. The van der Waals surface area contributed by atoms with E-state index in [4.69, 9.17) is 5.11 Å². The van der Waals surface area contributed by atoms with E-state index in [9.17, 15) is 9.59 Å². The molecule has 1 atom stereocenters. The van der Waals surface area contributed by atoms with Crippen LogP contribution in [0, 0.1) is 0 Å². The Kier molecular flexibility index (Phi) is 4.79. The highest BCUT2D eigenvalue weighted by molar-refractivity contribution is 6.04. The van der Waals surface area contributed by atoms with Crippen LogP contribution in [0.25, 0.3) is 0 Å². The zero-order chi connectivity index (χ0) is 13.7. The fourth-order valence-electron chi connectivity index (χ4n) is 1.28. The summed E-state index contributed by atoms with van der Waals surface area (Å²) in [5.41, 5.74) is 0.0379. The maximum atomic E-state index is 11.9. The van der Waals surface area contributed by atoms with E-state index in [1.165, 1.54) is 18.5 Å². The van der Waals surface area contributed by atoms with Crippen LogP contribution in [0.1, 0.15) is 27.6 Å². The summed E-state index contributed by atoms with van der Waals surface area (Å²) in [4.78, 5) is 28.5. The van der Waals surface area contributed by atoms with Crippen LogP contribution < -0.4 is 5.32 Å². The van der Waals surface area contributed by atoms with Crippen molar-refractivity contribution in [2.24, 2.45) is 0 Å². The first kappa shape index (κ1) is 14.1. The van der Waals surface area contributed by atoms with Crippen molar-refractivity contribution in [3.63, 3.8) is 0 Å². The van der Waals surface area contributed by atoms with Crippen LogP contribution in [-0.2, 0) is 0 Å². The van der Waals surface area contributed by atoms with Crippen LogP contribution in [0.5, 0.6) is 0 Å². The summed E-state index contributed by atoms with van der Waals surface area (Å²) in [6.07, 6.45) is 2.57. The van der Waals surface area contributed by atoms with Crippen LogP contribution in [0.15, 0.2) is 18.5 Å². The van der Waals surface area contributed by atoms with E-state index in [-0.39, 0.29) is 17.2 Å². The lowest BCUT2D eigenvalue weighted by molar-refractivity contribution is 0.0690. The number of rotatable bonds is 5. The average Bonchev–Trinajstić information content (AvgIpc) is 2.35. The lowest BCUT2D eigenvalue weighted by Gasteiger charge is -2.20. The maximum Gasteiger partial charge on any atom is 0.338 e. The minimum atomic E-state index is -1.16. The summed E-state index contributed by atoms with van der Waals surface area (Å²) < 4.78 is 0. The zero-order valence-corrected chi connectivity index (χ0v) is 10.7. The molecule has 0 saturated carbocycles. The third-order valence-electron chi connectivity index (χ3n) is 2.74. The van der Waals surface area contributed by atoms with Gasteiger partial charge >= 0.3 is 5.97 Å². The molecule has 2 N–H and O–H groups in total. The number of aromatic carboxylic acids is 1. The zero-order valence-electron chi connectivity index (χ0n) is 10.7. The van der Waals surface area contributed by atoms with Gasteiger partial charge in [0.1, 0.15) is 0 Å². The van der Waals surface area contributed by atoms with Crippen molar-refractivity contribution in [2.75, 3.05) is 20.6 Å². The molecule has 6 heteroatoms. The lowest BCUT2D eigenvalue weighted by Crippen LogP contribution is -2.38. The second-order valence-electron chi connectivity index (χ2n) is 4.25. The van der Waals surface area contributed by atoms with Crippen molar-refractivity contribution in [2.45, 2.75) is 13.0 Å². The van der Waals surface area contributed by atoms with Crippen molar-refractivity contribution in [3.8, 4) is 0 Å². The number of hydrogen-bond acceptors (Lipinski definition) is 4. The number of carboxylic acids is 1. The quantitative estimate of drug-likeness (QED) is 0.794. The largest absolute Gasteiger partial charge is 0.478 e. The van der Waals surface area contributed by atoms with Crippen LogP contribution in [0.4, 0.5) is 0 Å². The Hall–Kier alpha value is -1.95. The third-order valence-corrected chi connectivity index (χ3v) is 2.74. The Bertz CT molecular complexity index is 446. The standard InChI is InChI=1S/C12H17N3O3/c1-8(15(2)3)6-14-11(16)9-4-5-13-7-10(9)12(17)18/h4-5,7-8H,6H2,1-3H3,(H,14,16)(H,17,18). The Labute approximate surface area is 106 Å². The number of carbonyl (C=O) groups is 2. The molecule has 0 aliphatic rings. The molecule has 1 amide bonds. The number of carboxylic acid groups (broad SMARTS) is 1. The van der Waals surface area contributed by atoms with Gasteiger partial charge in [-0.2, -0.15) is 0 Å². The summed E-state index contributed by atoms with van der Waals surface area (Å²) in [5, 5.41) is 11.7. The highest BCUT2D eigenvalue weighted by Crippen LogP contribution is 2.06. The van der Waals surface area contributed by atoms with Crippen LogP contribution in [0.2, 0.25) is 0 Å². The second-order valence-corrected chi connectivity index (χ2v) is 4.25. The Balaban J connectivity index is 2.76. The number of nitrogens with one attached hydrogen (secondary N) is 1. The number of nitrogens with zero attached hydrogens (tertiary/aromatic N) is 2. The highest BCUT2D eigenvalue weighted by atomic mass is 16.4. The molecule has 1 rings (SSSR count). The molecule has 98 valence electrons. The second kappa shape index (κ2) is 6.11. The van der Waals surface area contributed by atoms with Crippen molar-refractivity contribution in [1.82, 2.24) is 15.2 Å². The van der Waals surface area contributed by atoms with E-state index in [0.29, 0.717) is 6.54 Å². The molecule has 1 aromatic heterocycles. The van der Waals surface area contributed by atoms with Crippen molar-refractivity contribution >= 4 is 11.9 Å². The molecule has 0 spiro atoms. The number of hydrogen-bond donors (Lipinski definition) is 2. The first-order valence-corrected chi connectivity index (χ1v) is 5.55. The van der Waals surface area contributed by atoms with Gasteiger partial charge in [0, 0.05) is 25.0 Å². The minimum Gasteiger partial charge on any atom is -0.478 e. The van der Waals surface area contributed by atoms with Gasteiger partial charge in [-0.25, -0.2) is 4.79 Å². The van der Waals surface area contributed by atoms with E-state index < -0.39 is 11.9 Å². The monoisotopic (exact) mass is 251 g/mol. The van der Waals surface area contributed by atoms with E-state index in [2.05, 4.69) is 10.3 Å². The molecule has 0 aliphatic carbocycles. The fraction of sp³-hybridized carbons (Fsp3) is 0.417. The van der Waals surface area contributed by atoms with Crippen LogP contribution in [-0.4, -0.2) is 53.5 Å². The predicted molar refractivity (Wildman–Crippen MR) is 66.7 cm³/mol. The van der Waals surface area contributed by atoms with Gasteiger partial charge in [-0.05, 0) is 27.1 Å². The van der Waals surface area contributed by atoms with E-state index >= 15 is 0 Å². The maximum absolute atomic E-state index is 11.9. The molecule has 0 aromatic carbocycles. The summed E-state index contributed by atoms with van der Waals surface area (Å²) in [6, 6.07) is 1.57. The molecule has 0 saturated heterocycles. The topological polar surface area (TPSA) is 82.5 Å². The number of amides is 1. The third kappa shape index (κ3) is 3.53. The summed E-state index contributed by atoms with van der Waals surface area (Å²) in [5.74, 6) is -1.56. The molecule has 0 bridgehead atoms. The van der Waals surface area contributed by atoms with Crippen LogP contribution in [0.3, 0.4) is 0 Å². The van der Waals surface area contributed by atoms with Crippen molar-refractivity contribution in [3.05, 3.63) is 29.6 Å². The first-order chi connectivity index (χ1) is 8.43. The average molecular weight is 251 g/mol. The Morgan fingerprint density at radius 2 is 2.11 bits per heavy atom. The van der Waals surface area contributed by atoms with Gasteiger partial charge in [-0.15, -0.1) is 0 Å². The van der Waals surface area contributed by atoms with Crippen molar-refractivity contribution < 1.29 is 14.7 Å². The van der Waals surface area contributed by atoms with Crippen LogP contribution >= 0.6 is 0 Å². The van der Waals surface area contributed by atoms with Gasteiger partial charge in [0.15, 0.2) is 0 Å². The Morgan fingerprint density at radius 1 is 1.44 bits per heavy atom. The molecule has 0 radical (unpaired) electrons. The van der Waals surface area contributed by atoms with Gasteiger partial charge < -0.3 is 15.3 Å². The summed E-state index contributed by atoms with van der Waals surface area (Å²) in [7, 11) is 3.82. The van der Waals surface area contributed by atoms with E-state index in [0.717, 1.165) is 0 Å². The first-order valence-electron chi connectivity index (χ1n) is 5.55. The van der Waals surface area contributed by atoms with Gasteiger partial charge in [-0.3, -0.25) is 9.78 Å². The van der Waals surface area contributed by atoms with Gasteiger partial charge in [0.25, 0.3) is 5.91 Å². The molecule has 0 aliphatic heterocycles. The highest BCUT2D eigenvalue weighted by Gasteiger charge is 2.16. The summed E-state index contributed by atoms with van der Waals surface area (Å²) >= 11 is 0. The number of pyridine rings is 1. The molecule has 1 aromatic rings. The smallest absolute Gasteiger partial charge is 0.338 e. The molecule has 1 heterocycles. The van der Waals surface area contributed by atoms with Crippen molar-refractivity contribution in [1.29, 1.82) is 0 Å². The molecular weight excluding hydrogens is 234 g/mol. The molecule has 1 unspecified atom stereocenters. The summed E-state index contributed by atoms with van der Waals surface area (Å²) in [6.45, 7) is 2.41. The van der Waals surface area contributed by atoms with E-state index in [1.807, 2.05) is 25.9 Å². The molecular formula is C12H17N3O3. The molecule has 18 heavy (non-hydrogen) atoms. The minimum absolute atomic E-state index is 0.0903. The molecule has 0 fully saturated rings.